The van der Waals surface area contributed by atoms with Crippen molar-refractivity contribution in [2.24, 2.45) is 0 Å². The molecule has 2 aromatic rings. The van der Waals surface area contributed by atoms with Crippen molar-refractivity contribution >= 4 is 27.2 Å². The van der Waals surface area contributed by atoms with Gasteiger partial charge in [0.15, 0.2) is 5.11 Å². The van der Waals surface area contributed by atoms with Gasteiger partial charge in [-0.1, -0.05) is 36.4 Å². The van der Waals surface area contributed by atoms with Gasteiger partial charge >= 0.3 is 0 Å². The number of ether oxygens (including phenoxy) is 1. The van der Waals surface area contributed by atoms with Crippen molar-refractivity contribution in [3.8, 4) is 0 Å². The summed E-state index contributed by atoms with van der Waals surface area (Å²) in [6, 6.07) is 9.09. The molecule has 9 heteroatoms. The molecule has 0 aliphatic rings. The first kappa shape index (κ1) is 23.1. The quantitative estimate of drug-likeness (QED) is 0.428. The molecule has 0 aliphatic heterocycles. The minimum Gasteiger partial charge on any atom is -0.383 e. The summed E-state index contributed by atoms with van der Waals surface area (Å²) in [4.78, 5) is 6.18. The van der Waals surface area contributed by atoms with E-state index < -0.39 is 9.84 Å². The maximum atomic E-state index is 13.1. The van der Waals surface area contributed by atoms with Crippen LogP contribution in [0.1, 0.15) is 18.2 Å². The van der Waals surface area contributed by atoms with Crippen molar-refractivity contribution in [3.63, 3.8) is 0 Å². The van der Waals surface area contributed by atoms with E-state index in [1.165, 1.54) is 0 Å². The summed E-state index contributed by atoms with van der Waals surface area (Å²) in [5, 5.41) is 3.75. The van der Waals surface area contributed by atoms with Crippen LogP contribution in [-0.4, -0.2) is 54.8 Å². The highest BCUT2D eigenvalue weighted by Crippen LogP contribution is 2.19. The third kappa shape index (κ3) is 6.38. The lowest BCUT2D eigenvalue weighted by molar-refractivity contribution is 0.183. The topological polar surface area (TPSA) is 76.5 Å². The van der Waals surface area contributed by atoms with Crippen molar-refractivity contribution in [1.29, 1.82) is 0 Å². The second-order valence-electron chi connectivity index (χ2n) is 6.43. The fourth-order valence-electron chi connectivity index (χ4n) is 2.88. The Labute approximate surface area is 178 Å². The summed E-state index contributed by atoms with van der Waals surface area (Å²) in [5.74, 6) is -0.108. The number of aromatic nitrogens is 2. The number of rotatable bonds is 11. The molecule has 0 saturated carbocycles. The van der Waals surface area contributed by atoms with Gasteiger partial charge in [-0.15, -0.1) is 6.58 Å². The van der Waals surface area contributed by atoms with E-state index >= 15 is 0 Å². The zero-order chi connectivity index (χ0) is 21.3. The van der Waals surface area contributed by atoms with Gasteiger partial charge in [0.1, 0.15) is 0 Å². The first-order chi connectivity index (χ1) is 13.9. The van der Waals surface area contributed by atoms with Gasteiger partial charge < -0.3 is 19.5 Å². The van der Waals surface area contributed by atoms with Gasteiger partial charge in [0.25, 0.3) is 0 Å². The van der Waals surface area contributed by atoms with Crippen LogP contribution in [0, 0.1) is 0 Å². The molecule has 29 heavy (non-hydrogen) atoms. The van der Waals surface area contributed by atoms with E-state index in [0.29, 0.717) is 37.9 Å². The third-order valence-electron chi connectivity index (χ3n) is 4.22. The third-order valence-corrected chi connectivity index (χ3v) is 6.21. The van der Waals surface area contributed by atoms with Gasteiger partial charge in [-0.25, -0.2) is 13.4 Å². The molecular formula is C20H28N4O3S2. The number of thiocarbonyl (C=S) groups is 1. The van der Waals surface area contributed by atoms with Gasteiger partial charge in [0, 0.05) is 26.7 Å². The summed E-state index contributed by atoms with van der Waals surface area (Å²) < 4.78 is 33.0. The molecular weight excluding hydrogens is 408 g/mol. The minimum absolute atomic E-state index is 0.0429. The largest absolute Gasteiger partial charge is 0.383 e. The number of hydrogen-bond donors (Lipinski definition) is 1. The van der Waals surface area contributed by atoms with Gasteiger partial charge in [0.2, 0.25) is 15.0 Å². The van der Waals surface area contributed by atoms with E-state index in [0.717, 1.165) is 11.3 Å². The fourth-order valence-corrected chi connectivity index (χ4v) is 4.68. The summed E-state index contributed by atoms with van der Waals surface area (Å²) in [7, 11) is -2.04. The molecule has 1 N–H and O–H groups in total. The van der Waals surface area contributed by atoms with Crippen LogP contribution >= 0.6 is 12.2 Å². The lowest BCUT2D eigenvalue weighted by Gasteiger charge is -2.25. The van der Waals surface area contributed by atoms with Crippen LogP contribution in [0.4, 0.5) is 0 Å². The van der Waals surface area contributed by atoms with Crippen LogP contribution in [0.15, 0.2) is 54.3 Å². The number of methoxy groups -OCH3 is 1. The smallest absolute Gasteiger partial charge is 0.228 e. The normalized spacial score (nSPS) is 11.2. The number of nitrogens with zero attached hydrogens (tertiary/aromatic N) is 3. The average Bonchev–Trinajstić information content (AvgIpc) is 3.10. The molecule has 2 rings (SSSR count). The van der Waals surface area contributed by atoms with E-state index in [4.69, 9.17) is 17.0 Å². The van der Waals surface area contributed by atoms with E-state index in [1.54, 1.807) is 36.1 Å². The van der Waals surface area contributed by atoms with Crippen LogP contribution in [0.2, 0.25) is 0 Å². The Balaban J connectivity index is 2.35. The number of hydrogen-bond acceptors (Lipinski definition) is 5. The number of benzene rings is 1. The van der Waals surface area contributed by atoms with E-state index in [-0.39, 0.29) is 10.9 Å². The lowest BCUT2D eigenvalue weighted by atomic mass is 10.2. The molecule has 0 amide bonds. The molecule has 0 atom stereocenters. The molecule has 0 radical (unpaired) electrons. The van der Waals surface area contributed by atoms with Crippen LogP contribution in [0.25, 0.3) is 0 Å². The molecule has 0 aliphatic carbocycles. The Morgan fingerprint density at radius 1 is 1.38 bits per heavy atom. The molecule has 0 unspecified atom stereocenters. The molecule has 7 nitrogen and oxygen atoms in total. The summed E-state index contributed by atoms with van der Waals surface area (Å²) in [6.45, 7) is 8.15. The van der Waals surface area contributed by atoms with Crippen molar-refractivity contribution in [2.45, 2.75) is 30.9 Å². The molecule has 1 aromatic carbocycles. The Morgan fingerprint density at radius 2 is 2.10 bits per heavy atom. The predicted octanol–water partition coefficient (Wildman–Crippen LogP) is 2.39. The summed E-state index contributed by atoms with van der Waals surface area (Å²) in [5.41, 5.74) is 1.47. The van der Waals surface area contributed by atoms with Crippen molar-refractivity contribution in [3.05, 3.63) is 60.4 Å². The van der Waals surface area contributed by atoms with Crippen LogP contribution in [0.3, 0.4) is 0 Å². The Bertz CT molecular complexity index is 911. The first-order valence-electron chi connectivity index (χ1n) is 9.36. The standard InChI is InChI=1S/C20H28N4O3S2/c1-4-11-23(19(28)21-5-2)15-18-14-22-20(24(18)12-13-27-3)29(25,26)16-17-9-7-6-8-10-17/h4,6-10,14H,1,5,11-13,15-16H2,2-3H3,(H,21,28). The highest BCUT2D eigenvalue weighted by atomic mass is 32.2. The van der Waals surface area contributed by atoms with E-state index in [9.17, 15) is 8.42 Å². The van der Waals surface area contributed by atoms with Crippen LogP contribution < -0.4 is 5.32 Å². The lowest BCUT2D eigenvalue weighted by Crippen LogP contribution is -2.39. The second-order valence-corrected chi connectivity index (χ2v) is 8.70. The van der Waals surface area contributed by atoms with Gasteiger partial charge in [-0.3, -0.25) is 0 Å². The number of imidazole rings is 1. The maximum Gasteiger partial charge on any atom is 0.228 e. The van der Waals surface area contributed by atoms with Crippen LogP contribution in [0.5, 0.6) is 0 Å². The maximum absolute atomic E-state index is 13.1. The zero-order valence-electron chi connectivity index (χ0n) is 16.9. The van der Waals surface area contributed by atoms with Crippen molar-refractivity contribution in [2.75, 3.05) is 26.8 Å². The average molecular weight is 437 g/mol. The first-order valence-corrected chi connectivity index (χ1v) is 11.4. The molecule has 0 saturated heterocycles. The summed E-state index contributed by atoms with van der Waals surface area (Å²) in [6.07, 6.45) is 3.35. The fraction of sp³-hybridized carbons (Fsp3) is 0.400. The van der Waals surface area contributed by atoms with E-state index in [1.807, 2.05) is 30.0 Å². The monoisotopic (exact) mass is 436 g/mol. The van der Waals surface area contributed by atoms with Crippen molar-refractivity contribution in [1.82, 2.24) is 19.8 Å². The summed E-state index contributed by atoms with van der Waals surface area (Å²) >= 11 is 5.43. The molecule has 1 aromatic heterocycles. The van der Waals surface area contributed by atoms with Gasteiger partial charge in [-0.05, 0) is 24.7 Å². The van der Waals surface area contributed by atoms with Gasteiger partial charge in [-0.2, -0.15) is 0 Å². The number of sulfone groups is 1. The van der Waals surface area contributed by atoms with E-state index in [2.05, 4.69) is 16.9 Å². The van der Waals surface area contributed by atoms with Crippen LogP contribution in [-0.2, 0) is 33.4 Å². The SMILES string of the molecule is C=CCN(Cc1cnc(S(=O)(=O)Cc2ccccc2)n1CCOC)C(=S)NCC. The molecule has 0 spiro atoms. The molecule has 0 fully saturated rings. The molecule has 1 heterocycles. The minimum atomic E-state index is -3.62. The Kier molecular flexibility index (Phi) is 8.81. The van der Waals surface area contributed by atoms with Crippen molar-refractivity contribution < 1.29 is 13.2 Å². The second kappa shape index (κ2) is 11.1. The van der Waals surface area contributed by atoms with Gasteiger partial charge in [0.05, 0.1) is 30.8 Å². The Hall–Kier alpha value is -2.23. The highest BCUT2D eigenvalue weighted by molar-refractivity contribution is 7.90. The number of nitrogens with one attached hydrogen (secondary N) is 1. The zero-order valence-corrected chi connectivity index (χ0v) is 18.5. The molecule has 158 valence electrons. The Morgan fingerprint density at radius 3 is 2.72 bits per heavy atom. The highest BCUT2D eigenvalue weighted by Gasteiger charge is 2.25. The predicted molar refractivity (Wildman–Crippen MR) is 118 cm³/mol. The molecule has 0 bridgehead atoms.